The van der Waals surface area contributed by atoms with Gasteiger partial charge < -0.3 is 33.3 Å². The molecule has 0 saturated carbocycles. The Labute approximate surface area is 203 Å². The van der Waals surface area contributed by atoms with Crippen molar-refractivity contribution in [2.24, 2.45) is 0 Å². The van der Waals surface area contributed by atoms with Crippen LogP contribution in [0.15, 0.2) is 54.3 Å². The third kappa shape index (κ3) is 3.97. The van der Waals surface area contributed by atoms with Crippen molar-refractivity contribution in [1.29, 1.82) is 0 Å². The van der Waals surface area contributed by atoms with Crippen LogP contribution < -0.4 is 33.3 Å². The number of fused-ring (bicyclic) bond motifs is 3. The first kappa shape index (κ1) is 22.5. The molecule has 0 fully saturated rings. The molecule has 5 rings (SSSR count). The molecule has 0 bridgehead atoms. The first-order valence-electron chi connectivity index (χ1n) is 11.0. The maximum Gasteiger partial charge on any atom is 0.231 e. The SMILES string of the molecule is COc1ccc(N2COc3ccc4c(c3C2)OC(=Cc2cc(OC)c(OC)cc2OC)C4=O)cc1. The molecule has 3 aromatic carbocycles. The van der Waals surface area contributed by atoms with E-state index in [1.54, 1.807) is 52.7 Å². The van der Waals surface area contributed by atoms with E-state index in [1.165, 1.54) is 0 Å². The summed E-state index contributed by atoms with van der Waals surface area (Å²) in [6, 6.07) is 14.8. The van der Waals surface area contributed by atoms with Crippen molar-refractivity contribution in [3.63, 3.8) is 0 Å². The van der Waals surface area contributed by atoms with Gasteiger partial charge in [-0.3, -0.25) is 4.79 Å². The smallest absolute Gasteiger partial charge is 0.231 e. The summed E-state index contributed by atoms with van der Waals surface area (Å²) in [5.74, 6) is 3.55. The van der Waals surface area contributed by atoms with Crippen LogP contribution >= 0.6 is 0 Å². The number of Topliss-reactive ketones (excluding diaryl/α,β-unsaturated/α-hetero) is 1. The maximum atomic E-state index is 13.2. The highest BCUT2D eigenvalue weighted by Crippen LogP contribution is 2.44. The molecule has 180 valence electrons. The van der Waals surface area contributed by atoms with Crippen molar-refractivity contribution < 1.29 is 33.2 Å². The topological polar surface area (TPSA) is 75.7 Å². The van der Waals surface area contributed by atoms with E-state index < -0.39 is 0 Å². The van der Waals surface area contributed by atoms with Gasteiger partial charge in [-0.05, 0) is 48.5 Å². The quantitative estimate of drug-likeness (QED) is 0.475. The summed E-state index contributed by atoms with van der Waals surface area (Å²) in [4.78, 5) is 15.3. The average molecular weight is 475 g/mol. The minimum Gasteiger partial charge on any atom is -0.497 e. The number of ketones is 1. The lowest BCUT2D eigenvalue weighted by Gasteiger charge is -2.31. The van der Waals surface area contributed by atoms with Crippen molar-refractivity contribution in [3.05, 3.63) is 71.0 Å². The molecule has 2 aliphatic rings. The van der Waals surface area contributed by atoms with Crippen LogP contribution in [0.4, 0.5) is 5.69 Å². The fraction of sp³-hybridized carbons (Fsp3) is 0.222. The summed E-state index contributed by atoms with van der Waals surface area (Å²) >= 11 is 0. The predicted octanol–water partition coefficient (Wildman–Crippen LogP) is 4.69. The molecule has 0 radical (unpaired) electrons. The summed E-state index contributed by atoms with van der Waals surface area (Å²) in [5, 5.41) is 0. The van der Waals surface area contributed by atoms with Crippen molar-refractivity contribution in [3.8, 4) is 34.5 Å². The Hall–Kier alpha value is -4.33. The molecule has 0 saturated heterocycles. The van der Waals surface area contributed by atoms with E-state index in [9.17, 15) is 4.79 Å². The number of hydrogen-bond acceptors (Lipinski definition) is 8. The average Bonchev–Trinajstić information content (AvgIpc) is 3.23. The Morgan fingerprint density at radius 2 is 1.57 bits per heavy atom. The van der Waals surface area contributed by atoms with Crippen LogP contribution in [0.2, 0.25) is 0 Å². The number of carbonyl (C=O) groups is 1. The van der Waals surface area contributed by atoms with Crippen LogP contribution in [0, 0.1) is 0 Å². The second kappa shape index (κ2) is 9.13. The molecule has 3 aromatic rings. The van der Waals surface area contributed by atoms with Crippen molar-refractivity contribution in [2.75, 3.05) is 40.1 Å². The molecule has 0 aliphatic carbocycles. The molecule has 0 N–H and O–H groups in total. The van der Waals surface area contributed by atoms with Gasteiger partial charge in [0.2, 0.25) is 5.78 Å². The zero-order valence-corrected chi connectivity index (χ0v) is 19.9. The van der Waals surface area contributed by atoms with Gasteiger partial charge >= 0.3 is 0 Å². The highest BCUT2D eigenvalue weighted by Gasteiger charge is 2.34. The number of ether oxygens (including phenoxy) is 6. The van der Waals surface area contributed by atoms with Gasteiger partial charge in [0, 0.05) is 17.3 Å². The molecule has 0 aromatic heterocycles. The van der Waals surface area contributed by atoms with Crippen LogP contribution in [0.1, 0.15) is 21.5 Å². The number of rotatable bonds is 6. The Bertz CT molecular complexity index is 1310. The van der Waals surface area contributed by atoms with Crippen LogP contribution in [-0.4, -0.2) is 41.0 Å². The Kier molecular flexibility index (Phi) is 5.86. The fourth-order valence-corrected chi connectivity index (χ4v) is 4.22. The third-order valence-electron chi connectivity index (χ3n) is 6.08. The van der Waals surface area contributed by atoms with Gasteiger partial charge in [0.25, 0.3) is 0 Å². The van der Waals surface area contributed by atoms with Gasteiger partial charge in [-0.1, -0.05) is 0 Å². The number of allylic oxidation sites excluding steroid dienone is 1. The third-order valence-corrected chi connectivity index (χ3v) is 6.08. The maximum absolute atomic E-state index is 13.2. The largest absolute Gasteiger partial charge is 0.497 e. The number of methoxy groups -OCH3 is 4. The van der Waals surface area contributed by atoms with Crippen LogP contribution in [0.25, 0.3) is 6.08 Å². The monoisotopic (exact) mass is 475 g/mol. The number of anilines is 1. The molecule has 0 atom stereocenters. The van der Waals surface area contributed by atoms with E-state index in [-0.39, 0.29) is 11.5 Å². The lowest BCUT2D eigenvalue weighted by atomic mass is 10.0. The van der Waals surface area contributed by atoms with Crippen LogP contribution in [0.5, 0.6) is 34.5 Å². The van der Waals surface area contributed by atoms with Crippen LogP contribution in [0.3, 0.4) is 0 Å². The molecule has 2 aliphatic heterocycles. The molecule has 35 heavy (non-hydrogen) atoms. The summed E-state index contributed by atoms with van der Waals surface area (Å²) in [6.07, 6.45) is 1.65. The van der Waals surface area contributed by atoms with E-state index >= 15 is 0 Å². The molecule has 2 heterocycles. The number of hydrogen-bond donors (Lipinski definition) is 0. The van der Waals surface area contributed by atoms with Crippen molar-refractivity contribution in [2.45, 2.75) is 6.54 Å². The minimum atomic E-state index is -0.207. The standard InChI is InChI=1S/C27H25NO7/c1-30-18-7-5-17(6-8-18)28-14-20-21(34-15-28)10-9-19-26(29)25(35-27(19)20)12-16-11-23(32-3)24(33-4)13-22(16)31-2/h5-13H,14-15H2,1-4H3. The van der Waals surface area contributed by atoms with E-state index in [0.717, 1.165) is 17.0 Å². The molecule has 8 nitrogen and oxygen atoms in total. The first-order chi connectivity index (χ1) is 17.1. The summed E-state index contributed by atoms with van der Waals surface area (Å²) in [6.45, 7) is 0.919. The molecule has 8 heteroatoms. The van der Waals surface area contributed by atoms with E-state index in [2.05, 4.69) is 4.90 Å². The molecule has 0 unspecified atom stereocenters. The zero-order chi connectivity index (χ0) is 24.5. The van der Waals surface area contributed by atoms with Gasteiger partial charge in [0.1, 0.15) is 23.0 Å². The van der Waals surface area contributed by atoms with Gasteiger partial charge in [0.05, 0.1) is 46.1 Å². The second-order valence-electron chi connectivity index (χ2n) is 7.98. The molecular formula is C27H25NO7. The van der Waals surface area contributed by atoms with Gasteiger partial charge in [-0.25, -0.2) is 0 Å². The Morgan fingerprint density at radius 3 is 2.26 bits per heavy atom. The summed E-state index contributed by atoms with van der Waals surface area (Å²) in [5.41, 5.74) is 2.92. The highest BCUT2D eigenvalue weighted by atomic mass is 16.5. The van der Waals surface area contributed by atoms with Crippen LogP contribution in [-0.2, 0) is 6.54 Å². The van der Waals surface area contributed by atoms with Gasteiger partial charge in [-0.2, -0.15) is 0 Å². The summed E-state index contributed by atoms with van der Waals surface area (Å²) < 4.78 is 33.6. The van der Waals surface area contributed by atoms with Crippen molar-refractivity contribution in [1.82, 2.24) is 0 Å². The predicted molar refractivity (Wildman–Crippen MR) is 130 cm³/mol. The minimum absolute atomic E-state index is 0.195. The van der Waals surface area contributed by atoms with Gasteiger partial charge in [-0.15, -0.1) is 0 Å². The van der Waals surface area contributed by atoms with E-state index in [1.807, 2.05) is 30.3 Å². The lowest BCUT2D eigenvalue weighted by molar-refractivity contribution is 0.101. The van der Waals surface area contributed by atoms with Crippen molar-refractivity contribution >= 4 is 17.5 Å². The fourth-order valence-electron chi connectivity index (χ4n) is 4.22. The first-order valence-corrected chi connectivity index (χ1v) is 11.0. The molecular weight excluding hydrogens is 450 g/mol. The van der Waals surface area contributed by atoms with E-state index in [4.69, 9.17) is 28.4 Å². The number of benzene rings is 3. The normalized spacial score (nSPS) is 15.1. The molecule has 0 amide bonds. The zero-order valence-electron chi connectivity index (χ0n) is 19.9. The van der Waals surface area contributed by atoms with E-state index in [0.29, 0.717) is 53.2 Å². The number of carbonyl (C=O) groups excluding carboxylic acids is 1. The lowest BCUT2D eigenvalue weighted by Crippen LogP contribution is -2.32. The molecule has 0 spiro atoms. The highest BCUT2D eigenvalue weighted by molar-refractivity contribution is 6.15. The Balaban J connectivity index is 1.48. The number of nitrogens with zero attached hydrogens (tertiary/aromatic N) is 1. The van der Waals surface area contributed by atoms with Gasteiger partial charge in [0.15, 0.2) is 24.0 Å². The second-order valence-corrected chi connectivity index (χ2v) is 7.98. The summed E-state index contributed by atoms with van der Waals surface area (Å²) in [7, 11) is 6.29. The Morgan fingerprint density at radius 1 is 0.857 bits per heavy atom.